The minimum atomic E-state index is -0.941. The first-order chi connectivity index (χ1) is 8.66. The fourth-order valence-corrected chi connectivity index (χ4v) is 2.78. The van der Waals surface area contributed by atoms with Crippen LogP contribution in [0.15, 0.2) is 34.9 Å². The number of carbonyl (C=O) groups is 1. The van der Waals surface area contributed by atoms with E-state index in [-0.39, 0.29) is 4.88 Å². The van der Waals surface area contributed by atoms with Crippen LogP contribution in [0.3, 0.4) is 0 Å². The largest absolute Gasteiger partial charge is 0.477 e. The van der Waals surface area contributed by atoms with E-state index in [4.69, 9.17) is 9.52 Å². The molecule has 2 heterocycles. The highest BCUT2D eigenvalue weighted by Gasteiger charge is 2.17. The molecule has 5 heteroatoms. The second-order valence-electron chi connectivity index (χ2n) is 3.88. The highest BCUT2D eigenvalue weighted by molar-refractivity contribution is 7.17. The van der Waals surface area contributed by atoms with E-state index >= 15 is 0 Å². The quantitative estimate of drug-likeness (QED) is 0.764. The SMILES string of the molecule is Cc1nc(-c2coc3ccccc23)sc1C(=O)O. The van der Waals surface area contributed by atoms with Crippen LogP contribution in [0, 0.1) is 6.92 Å². The Bertz CT molecular complexity index is 742. The Morgan fingerprint density at radius 1 is 1.39 bits per heavy atom. The number of furan rings is 1. The highest BCUT2D eigenvalue weighted by atomic mass is 32.1. The van der Waals surface area contributed by atoms with Gasteiger partial charge in [-0.2, -0.15) is 0 Å². The van der Waals surface area contributed by atoms with Crippen molar-refractivity contribution in [2.75, 3.05) is 0 Å². The Labute approximate surface area is 107 Å². The van der Waals surface area contributed by atoms with Crippen LogP contribution in [0.2, 0.25) is 0 Å². The molecule has 0 bridgehead atoms. The summed E-state index contributed by atoms with van der Waals surface area (Å²) in [6.07, 6.45) is 1.62. The summed E-state index contributed by atoms with van der Waals surface area (Å²) < 4.78 is 5.43. The Balaban J connectivity index is 2.20. The van der Waals surface area contributed by atoms with Gasteiger partial charge in [-0.1, -0.05) is 18.2 Å². The normalized spacial score (nSPS) is 10.9. The summed E-state index contributed by atoms with van der Waals surface area (Å²) in [5.74, 6) is -0.941. The van der Waals surface area contributed by atoms with E-state index in [0.29, 0.717) is 10.7 Å². The van der Waals surface area contributed by atoms with Crippen LogP contribution in [-0.2, 0) is 0 Å². The molecule has 1 N–H and O–H groups in total. The van der Waals surface area contributed by atoms with Crippen molar-refractivity contribution in [3.8, 4) is 10.6 Å². The van der Waals surface area contributed by atoms with Gasteiger partial charge in [-0.3, -0.25) is 0 Å². The third-order valence-corrected chi connectivity index (χ3v) is 3.88. The number of hydrogen-bond acceptors (Lipinski definition) is 4. The lowest BCUT2D eigenvalue weighted by molar-refractivity contribution is 0.0701. The number of thiazole rings is 1. The number of carboxylic acids is 1. The summed E-state index contributed by atoms with van der Waals surface area (Å²) in [7, 11) is 0. The van der Waals surface area contributed by atoms with Gasteiger partial charge in [-0.25, -0.2) is 9.78 Å². The zero-order valence-corrected chi connectivity index (χ0v) is 10.3. The standard InChI is InChI=1S/C13H9NO3S/c1-7-11(13(15)16)18-12(14-7)9-6-17-10-5-3-2-4-8(9)10/h2-6H,1H3,(H,15,16). The predicted octanol–water partition coefficient (Wildman–Crippen LogP) is 3.56. The number of aromatic nitrogens is 1. The number of para-hydroxylation sites is 1. The predicted molar refractivity (Wildman–Crippen MR) is 69.0 cm³/mol. The minimum Gasteiger partial charge on any atom is -0.477 e. The second kappa shape index (κ2) is 3.96. The Morgan fingerprint density at radius 3 is 2.89 bits per heavy atom. The van der Waals surface area contributed by atoms with Crippen LogP contribution in [0.25, 0.3) is 21.5 Å². The Hall–Kier alpha value is -2.14. The summed E-state index contributed by atoms with van der Waals surface area (Å²) in [5, 5.41) is 10.7. The average Bonchev–Trinajstić information content (AvgIpc) is 2.92. The number of fused-ring (bicyclic) bond motifs is 1. The lowest BCUT2D eigenvalue weighted by Gasteiger charge is -1.90. The van der Waals surface area contributed by atoms with Crippen LogP contribution in [0.1, 0.15) is 15.4 Å². The Morgan fingerprint density at radius 2 is 2.17 bits per heavy atom. The fraction of sp³-hybridized carbons (Fsp3) is 0.0769. The van der Waals surface area contributed by atoms with Crippen molar-refractivity contribution in [3.05, 3.63) is 41.1 Å². The number of aromatic carboxylic acids is 1. The zero-order valence-electron chi connectivity index (χ0n) is 9.51. The van der Waals surface area contributed by atoms with E-state index < -0.39 is 5.97 Å². The van der Waals surface area contributed by atoms with Gasteiger partial charge in [0.2, 0.25) is 0 Å². The number of benzene rings is 1. The van der Waals surface area contributed by atoms with E-state index in [2.05, 4.69) is 4.98 Å². The molecule has 0 atom stereocenters. The molecule has 90 valence electrons. The van der Waals surface area contributed by atoms with E-state index in [9.17, 15) is 4.79 Å². The fourth-order valence-electron chi connectivity index (χ4n) is 1.85. The van der Waals surface area contributed by atoms with Crippen LogP contribution in [0.4, 0.5) is 0 Å². The maximum absolute atomic E-state index is 11.0. The molecular weight excluding hydrogens is 250 g/mol. The third kappa shape index (κ3) is 1.60. The average molecular weight is 259 g/mol. The van der Waals surface area contributed by atoms with Crippen LogP contribution < -0.4 is 0 Å². The molecule has 18 heavy (non-hydrogen) atoms. The molecule has 0 amide bonds. The molecule has 3 rings (SSSR count). The number of aryl methyl sites for hydroxylation is 1. The number of nitrogens with zero attached hydrogens (tertiary/aromatic N) is 1. The molecule has 0 unspecified atom stereocenters. The van der Waals surface area contributed by atoms with Gasteiger partial charge in [-0.05, 0) is 13.0 Å². The van der Waals surface area contributed by atoms with Crippen molar-refractivity contribution in [1.82, 2.24) is 4.98 Å². The first kappa shape index (κ1) is 11.0. The second-order valence-corrected chi connectivity index (χ2v) is 4.88. The molecule has 3 aromatic rings. The van der Waals surface area contributed by atoms with Crippen LogP contribution >= 0.6 is 11.3 Å². The Kier molecular flexibility index (Phi) is 2.41. The van der Waals surface area contributed by atoms with Crippen molar-refractivity contribution < 1.29 is 14.3 Å². The van der Waals surface area contributed by atoms with E-state index in [1.807, 2.05) is 24.3 Å². The molecule has 0 fully saturated rings. The van der Waals surface area contributed by atoms with Gasteiger partial charge in [0, 0.05) is 5.39 Å². The minimum absolute atomic E-state index is 0.273. The van der Waals surface area contributed by atoms with Gasteiger partial charge in [0.25, 0.3) is 0 Å². The van der Waals surface area contributed by atoms with Crippen molar-refractivity contribution in [1.29, 1.82) is 0 Å². The van der Waals surface area contributed by atoms with Gasteiger partial charge in [0.05, 0.1) is 11.3 Å². The topological polar surface area (TPSA) is 63.3 Å². The molecule has 1 aromatic carbocycles. The van der Waals surface area contributed by atoms with Gasteiger partial charge >= 0.3 is 5.97 Å². The lowest BCUT2D eigenvalue weighted by atomic mass is 10.2. The molecule has 0 aliphatic carbocycles. The molecule has 2 aromatic heterocycles. The molecule has 0 saturated heterocycles. The van der Waals surface area contributed by atoms with Crippen LogP contribution in [-0.4, -0.2) is 16.1 Å². The van der Waals surface area contributed by atoms with Gasteiger partial charge < -0.3 is 9.52 Å². The first-order valence-electron chi connectivity index (χ1n) is 5.34. The third-order valence-electron chi connectivity index (χ3n) is 2.70. The van der Waals surface area contributed by atoms with Crippen LogP contribution in [0.5, 0.6) is 0 Å². The lowest BCUT2D eigenvalue weighted by Crippen LogP contribution is -1.94. The van der Waals surface area contributed by atoms with E-state index in [1.54, 1.807) is 13.2 Å². The number of hydrogen-bond donors (Lipinski definition) is 1. The molecule has 0 radical (unpaired) electrons. The molecule has 0 spiro atoms. The zero-order chi connectivity index (χ0) is 12.7. The molecule has 4 nitrogen and oxygen atoms in total. The molecule has 0 saturated carbocycles. The number of carboxylic acid groups (broad SMARTS) is 1. The van der Waals surface area contributed by atoms with Crippen molar-refractivity contribution in [2.24, 2.45) is 0 Å². The van der Waals surface area contributed by atoms with E-state index in [1.165, 1.54) is 11.3 Å². The summed E-state index contributed by atoms with van der Waals surface area (Å²) >= 11 is 1.17. The maximum atomic E-state index is 11.0. The van der Waals surface area contributed by atoms with Gasteiger partial charge in [0.15, 0.2) is 0 Å². The molecule has 0 aliphatic rings. The summed E-state index contributed by atoms with van der Waals surface area (Å²) in [4.78, 5) is 15.6. The molecular formula is C13H9NO3S. The van der Waals surface area contributed by atoms with Gasteiger partial charge in [-0.15, -0.1) is 11.3 Å². The molecule has 0 aliphatic heterocycles. The highest BCUT2D eigenvalue weighted by Crippen LogP contribution is 2.34. The van der Waals surface area contributed by atoms with Crippen molar-refractivity contribution in [2.45, 2.75) is 6.92 Å². The monoisotopic (exact) mass is 259 g/mol. The first-order valence-corrected chi connectivity index (χ1v) is 6.16. The summed E-state index contributed by atoms with van der Waals surface area (Å²) in [6.45, 7) is 1.70. The van der Waals surface area contributed by atoms with Gasteiger partial charge in [0.1, 0.15) is 21.7 Å². The maximum Gasteiger partial charge on any atom is 0.347 e. The summed E-state index contributed by atoms with van der Waals surface area (Å²) in [5.41, 5.74) is 2.15. The summed E-state index contributed by atoms with van der Waals surface area (Å²) in [6, 6.07) is 7.62. The van der Waals surface area contributed by atoms with Crippen molar-refractivity contribution in [3.63, 3.8) is 0 Å². The van der Waals surface area contributed by atoms with Crippen molar-refractivity contribution >= 4 is 28.3 Å². The number of rotatable bonds is 2. The van der Waals surface area contributed by atoms with E-state index in [0.717, 1.165) is 16.5 Å². The smallest absolute Gasteiger partial charge is 0.347 e.